The van der Waals surface area contributed by atoms with Crippen LogP contribution in [-0.2, 0) is 16.0 Å². The van der Waals surface area contributed by atoms with Crippen molar-refractivity contribution in [3.8, 4) is 0 Å². The minimum atomic E-state index is -1.02. The van der Waals surface area contributed by atoms with Gasteiger partial charge >= 0.3 is 12.1 Å². The number of aliphatic carboxylic acids is 1. The fourth-order valence-corrected chi connectivity index (χ4v) is 3.31. The van der Waals surface area contributed by atoms with E-state index >= 15 is 0 Å². The van der Waals surface area contributed by atoms with Crippen molar-refractivity contribution in [2.75, 3.05) is 6.54 Å². The Bertz CT molecular complexity index is 642. The number of carbonyl (C=O) groups excluding carboxylic acids is 1. The lowest BCUT2D eigenvalue weighted by Gasteiger charge is -2.26. The minimum absolute atomic E-state index is 0.00251. The van der Waals surface area contributed by atoms with Gasteiger partial charge in [-0.05, 0) is 57.2 Å². The van der Waals surface area contributed by atoms with Crippen LogP contribution in [0, 0.1) is 5.92 Å². The number of carboxylic acid groups (broad SMARTS) is 1. The fraction of sp³-hybridized carbons (Fsp3) is 0.529. The number of halogens is 2. The molecule has 132 valence electrons. The maximum Gasteiger partial charge on any atom is 0.411 e. The van der Waals surface area contributed by atoms with Gasteiger partial charge in [0.1, 0.15) is 11.6 Å². The van der Waals surface area contributed by atoms with Crippen molar-refractivity contribution in [1.82, 2.24) is 4.90 Å². The minimum Gasteiger partial charge on any atom is -0.480 e. The molecule has 1 amide bonds. The summed E-state index contributed by atoms with van der Waals surface area (Å²) in [4.78, 5) is 25.1. The molecule has 0 radical (unpaired) electrons. The van der Waals surface area contributed by atoms with E-state index in [-0.39, 0.29) is 5.92 Å². The molecular weight excluding hydrogens is 353 g/mol. The summed E-state index contributed by atoms with van der Waals surface area (Å²) in [6.07, 6.45) is 0.353. The first-order chi connectivity index (χ1) is 11.1. The molecule has 1 aliphatic heterocycles. The molecular formula is C17H21Cl2NO4. The molecule has 0 aliphatic carbocycles. The summed E-state index contributed by atoms with van der Waals surface area (Å²) in [5.74, 6) is -1.03. The fourth-order valence-electron chi connectivity index (χ4n) is 2.83. The maximum absolute atomic E-state index is 12.3. The second kappa shape index (κ2) is 7.19. The summed E-state index contributed by atoms with van der Waals surface area (Å²) in [5, 5.41) is 10.5. The lowest BCUT2D eigenvalue weighted by atomic mass is 9.97. The average molecular weight is 374 g/mol. The van der Waals surface area contributed by atoms with Crippen LogP contribution in [0.4, 0.5) is 4.79 Å². The van der Waals surface area contributed by atoms with Crippen LogP contribution in [0.5, 0.6) is 0 Å². The quantitative estimate of drug-likeness (QED) is 0.859. The van der Waals surface area contributed by atoms with Crippen LogP contribution in [0.2, 0.25) is 10.0 Å². The highest BCUT2D eigenvalue weighted by Gasteiger charge is 2.41. The number of benzene rings is 1. The first-order valence-corrected chi connectivity index (χ1v) is 8.49. The highest BCUT2D eigenvalue weighted by Crippen LogP contribution is 2.31. The van der Waals surface area contributed by atoms with Crippen molar-refractivity contribution >= 4 is 35.3 Å². The van der Waals surface area contributed by atoms with E-state index in [2.05, 4.69) is 0 Å². The molecule has 1 aromatic rings. The van der Waals surface area contributed by atoms with Crippen LogP contribution in [0.1, 0.15) is 32.8 Å². The number of carboxylic acids is 1. The predicted octanol–water partition coefficient (Wildman–Crippen LogP) is 4.25. The smallest absolute Gasteiger partial charge is 0.411 e. The number of rotatable bonds is 3. The Kier molecular flexibility index (Phi) is 5.66. The molecule has 0 bridgehead atoms. The van der Waals surface area contributed by atoms with Crippen molar-refractivity contribution in [2.24, 2.45) is 5.92 Å². The third-order valence-corrected chi connectivity index (χ3v) is 4.41. The number of ether oxygens (including phenoxy) is 1. The van der Waals surface area contributed by atoms with Crippen molar-refractivity contribution < 1.29 is 19.4 Å². The van der Waals surface area contributed by atoms with E-state index in [0.717, 1.165) is 5.56 Å². The molecule has 1 aromatic carbocycles. The number of nitrogens with zero attached hydrogens (tertiary/aromatic N) is 1. The first-order valence-electron chi connectivity index (χ1n) is 7.73. The topological polar surface area (TPSA) is 66.8 Å². The van der Waals surface area contributed by atoms with Crippen molar-refractivity contribution in [2.45, 2.75) is 45.3 Å². The Morgan fingerprint density at radius 1 is 1.33 bits per heavy atom. The highest BCUT2D eigenvalue weighted by atomic mass is 35.5. The summed E-state index contributed by atoms with van der Waals surface area (Å²) in [7, 11) is 0. The molecule has 0 spiro atoms. The number of hydrogen-bond acceptors (Lipinski definition) is 3. The van der Waals surface area contributed by atoms with Gasteiger partial charge in [-0.1, -0.05) is 29.3 Å². The molecule has 24 heavy (non-hydrogen) atoms. The van der Waals surface area contributed by atoms with Gasteiger partial charge in [-0.3, -0.25) is 4.90 Å². The Labute approximate surface area is 151 Å². The highest BCUT2D eigenvalue weighted by molar-refractivity contribution is 6.35. The van der Waals surface area contributed by atoms with Crippen molar-refractivity contribution in [3.05, 3.63) is 33.8 Å². The second-order valence-electron chi connectivity index (χ2n) is 7.03. The third kappa shape index (κ3) is 4.77. The zero-order valence-electron chi connectivity index (χ0n) is 13.9. The van der Waals surface area contributed by atoms with Crippen molar-refractivity contribution in [3.63, 3.8) is 0 Å². The van der Waals surface area contributed by atoms with Crippen LogP contribution >= 0.6 is 23.2 Å². The van der Waals surface area contributed by atoms with E-state index < -0.39 is 23.7 Å². The Balaban J connectivity index is 2.11. The Morgan fingerprint density at radius 2 is 2.00 bits per heavy atom. The third-order valence-electron chi connectivity index (χ3n) is 3.82. The van der Waals surface area contributed by atoms with Crippen LogP contribution in [0.15, 0.2) is 18.2 Å². The standard InChI is InChI=1S/C17H21Cl2NO4/c1-17(2,3)24-16(23)20-9-10(7-14(20)15(21)22)6-11-4-5-12(18)8-13(11)19/h4-5,8,10,14H,6-7,9H2,1-3H3,(H,21,22)/t10-,14+/m1/s1. The normalized spacial score (nSPS) is 21.0. The van der Waals surface area contributed by atoms with E-state index in [4.69, 9.17) is 27.9 Å². The van der Waals surface area contributed by atoms with Crippen LogP contribution in [-0.4, -0.2) is 40.3 Å². The van der Waals surface area contributed by atoms with Gasteiger partial charge in [-0.2, -0.15) is 0 Å². The largest absolute Gasteiger partial charge is 0.480 e. The van der Waals surface area contributed by atoms with E-state index in [9.17, 15) is 14.7 Å². The molecule has 1 aliphatic rings. The average Bonchev–Trinajstić information content (AvgIpc) is 2.84. The molecule has 1 heterocycles. The summed E-state index contributed by atoms with van der Waals surface area (Å²) in [6.45, 7) is 5.58. The Morgan fingerprint density at radius 3 is 2.54 bits per heavy atom. The summed E-state index contributed by atoms with van der Waals surface area (Å²) >= 11 is 12.1. The number of amides is 1. The van der Waals surface area contributed by atoms with Gasteiger partial charge < -0.3 is 9.84 Å². The zero-order valence-corrected chi connectivity index (χ0v) is 15.4. The number of hydrogen-bond donors (Lipinski definition) is 1. The SMILES string of the molecule is CC(C)(C)OC(=O)N1C[C@H](Cc2ccc(Cl)cc2Cl)C[C@H]1C(=O)O. The lowest BCUT2D eigenvalue weighted by Crippen LogP contribution is -2.43. The van der Waals surface area contributed by atoms with E-state index in [1.165, 1.54) is 4.90 Å². The first kappa shape index (κ1) is 18.9. The van der Waals surface area contributed by atoms with Crippen LogP contribution in [0.3, 0.4) is 0 Å². The van der Waals surface area contributed by atoms with Crippen LogP contribution in [0.25, 0.3) is 0 Å². The molecule has 0 unspecified atom stereocenters. The summed E-state index contributed by atoms with van der Waals surface area (Å²) in [6, 6.07) is 4.36. The van der Waals surface area contributed by atoms with Gasteiger partial charge in [0.15, 0.2) is 0 Å². The van der Waals surface area contributed by atoms with Gasteiger partial charge in [-0.25, -0.2) is 9.59 Å². The molecule has 0 saturated carbocycles. The van der Waals surface area contributed by atoms with E-state index in [1.807, 2.05) is 6.07 Å². The van der Waals surface area contributed by atoms with E-state index in [1.54, 1.807) is 32.9 Å². The van der Waals surface area contributed by atoms with E-state index in [0.29, 0.717) is 29.4 Å². The van der Waals surface area contributed by atoms with Gasteiger partial charge in [0.2, 0.25) is 0 Å². The van der Waals surface area contributed by atoms with Gasteiger partial charge in [-0.15, -0.1) is 0 Å². The zero-order chi connectivity index (χ0) is 18.1. The van der Waals surface area contributed by atoms with Gasteiger partial charge in [0, 0.05) is 16.6 Å². The molecule has 5 nitrogen and oxygen atoms in total. The lowest BCUT2D eigenvalue weighted by molar-refractivity contribution is -0.142. The maximum atomic E-state index is 12.3. The number of carbonyl (C=O) groups is 2. The summed E-state index contributed by atoms with van der Waals surface area (Å²) < 4.78 is 5.32. The molecule has 0 aromatic heterocycles. The Hall–Kier alpha value is -1.46. The molecule has 1 saturated heterocycles. The second-order valence-corrected chi connectivity index (χ2v) is 7.87. The van der Waals surface area contributed by atoms with Gasteiger partial charge in [0.25, 0.3) is 0 Å². The van der Waals surface area contributed by atoms with Crippen LogP contribution < -0.4 is 0 Å². The molecule has 1 N–H and O–H groups in total. The summed E-state index contributed by atoms with van der Waals surface area (Å²) in [5.41, 5.74) is 0.221. The molecule has 1 fully saturated rings. The van der Waals surface area contributed by atoms with Gasteiger partial charge in [0.05, 0.1) is 0 Å². The number of likely N-dealkylation sites (tertiary alicyclic amines) is 1. The monoisotopic (exact) mass is 373 g/mol. The molecule has 2 rings (SSSR count). The van der Waals surface area contributed by atoms with Crippen molar-refractivity contribution in [1.29, 1.82) is 0 Å². The molecule has 7 heteroatoms. The predicted molar refractivity (Wildman–Crippen MR) is 92.6 cm³/mol. The molecule has 2 atom stereocenters.